The van der Waals surface area contributed by atoms with Crippen molar-refractivity contribution in [1.82, 2.24) is 0 Å². The molecule has 1 heterocycles. The number of fused-ring (bicyclic) bond motifs is 1. The predicted octanol–water partition coefficient (Wildman–Crippen LogP) is 3.65. The van der Waals surface area contributed by atoms with Gasteiger partial charge in [0.1, 0.15) is 0 Å². The lowest BCUT2D eigenvalue weighted by atomic mass is 10.1. The van der Waals surface area contributed by atoms with Crippen LogP contribution in [0.1, 0.15) is 20.8 Å². The summed E-state index contributed by atoms with van der Waals surface area (Å²) < 4.78 is 1.09. The highest BCUT2D eigenvalue weighted by molar-refractivity contribution is 7.19. The van der Waals surface area contributed by atoms with Crippen molar-refractivity contribution >= 4 is 39.0 Å². The van der Waals surface area contributed by atoms with Crippen molar-refractivity contribution in [2.45, 2.75) is 12.8 Å². The van der Waals surface area contributed by atoms with E-state index in [0.717, 1.165) is 20.5 Å². The Hall–Kier alpha value is -1.06. The Balaban J connectivity index is 2.70. The van der Waals surface area contributed by atoms with E-state index in [1.165, 1.54) is 0 Å². The number of alkyl halides is 1. The van der Waals surface area contributed by atoms with Crippen molar-refractivity contribution in [3.8, 4) is 0 Å². The fourth-order valence-corrected chi connectivity index (χ4v) is 2.94. The summed E-state index contributed by atoms with van der Waals surface area (Å²) in [4.78, 5) is 11.9. The van der Waals surface area contributed by atoms with Crippen LogP contribution < -0.4 is 0 Å². The Bertz CT molecular complexity index is 531. The molecule has 0 amide bonds. The van der Waals surface area contributed by atoms with Gasteiger partial charge in [-0.3, -0.25) is 0 Å². The van der Waals surface area contributed by atoms with E-state index >= 15 is 0 Å². The van der Waals surface area contributed by atoms with Crippen molar-refractivity contribution in [3.63, 3.8) is 0 Å². The Morgan fingerprint density at radius 2 is 2.27 bits per heavy atom. The zero-order valence-electron chi connectivity index (χ0n) is 8.08. The second kappa shape index (κ2) is 3.83. The largest absolute Gasteiger partial charge is 0.478 e. The first-order valence-corrected chi connectivity index (χ1v) is 5.80. The van der Waals surface area contributed by atoms with Crippen LogP contribution in [0.15, 0.2) is 18.2 Å². The summed E-state index contributed by atoms with van der Waals surface area (Å²) in [6, 6.07) is 5.17. The zero-order chi connectivity index (χ0) is 11.0. The summed E-state index contributed by atoms with van der Waals surface area (Å²) in [5.74, 6) is -0.414. The number of aryl methyl sites for hydroxylation is 1. The number of aromatic carboxylic acids is 1. The van der Waals surface area contributed by atoms with Gasteiger partial charge in [0, 0.05) is 9.58 Å². The molecule has 1 aromatic heterocycles. The molecule has 0 spiro atoms. The molecule has 0 aliphatic rings. The van der Waals surface area contributed by atoms with Gasteiger partial charge >= 0.3 is 5.97 Å². The summed E-state index contributed by atoms with van der Waals surface area (Å²) in [6.07, 6.45) is 0. The van der Waals surface area contributed by atoms with Crippen molar-refractivity contribution < 1.29 is 9.90 Å². The highest BCUT2D eigenvalue weighted by Crippen LogP contribution is 2.32. The van der Waals surface area contributed by atoms with Crippen molar-refractivity contribution in [1.29, 1.82) is 0 Å². The molecule has 0 saturated carbocycles. The molecular formula is C11H9ClO2S. The maximum absolute atomic E-state index is 10.8. The van der Waals surface area contributed by atoms with Crippen LogP contribution in [0.25, 0.3) is 10.1 Å². The Morgan fingerprint density at radius 3 is 2.87 bits per heavy atom. The van der Waals surface area contributed by atoms with Crippen LogP contribution in [0.4, 0.5) is 0 Å². The summed E-state index contributed by atoms with van der Waals surface area (Å²) in [5, 5.41) is 9.87. The molecule has 0 fully saturated rings. The van der Waals surface area contributed by atoms with Crippen molar-refractivity contribution in [2.75, 3.05) is 0 Å². The normalized spacial score (nSPS) is 10.8. The zero-order valence-corrected chi connectivity index (χ0v) is 9.65. The lowest BCUT2D eigenvalue weighted by Gasteiger charge is -1.95. The maximum atomic E-state index is 10.8. The molecule has 0 aliphatic heterocycles. The van der Waals surface area contributed by atoms with Gasteiger partial charge in [0.25, 0.3) is 0 Å². The molecule has 0 unspecified atom stereocenters. The first kappa shape index (κ1) is 10.5. The minimum Gasteiger partial charge on any atom is -0.478 e. The van der Waals surface area contributed by atoms with Gasteiger partial charge in [-0.15, -0.1) is 22.9 Å². The third-order valence-corrected chi connectivity index (χ3v) is 4.10. The second-order valence-corrected chi connectivity index (χ2v) is 4.70. The van der Waals surface area contributed by atoms with Crippen LogP contribution in [0.3, 0.4) is 0 Å². The molecule has 2 rings (SSSR count). The lowest BCUT2D eigenvalue weighted by Crippen LogP contribution is -1.94. The molecule has 2 nitrogen and oxygen atoms in total. The Morgan fingerprint density at radius 1 is 1.53 bits per heavy atom. The minimum atomic E-state index is -0.894. The molecule has 1 N–H and O–H groups in total. The molecule has 15 heavy (non-hydrogen) atoms. The average Bonchev–Trinajstić information content (AvgIpc) is 2.55. The van der Waals surface area contributed by atoms with E-state index in [9.17, 15) is 4.79 Å². The van der Waals surface area contributed by atoms with E-state index in [1.807, 2.05) is 13.0 Å². The fraction of sp³-hybridized carbons (Fsp3) is 0.182. The van der Waals surface area contributed by atoms with Gasteiger partial charge in [0.15, 0.2) is 0 Å². The third-order valence-electron chi connectivity index (χ3n) is 2.40. The monoisotopic (exact) mass is 240 g/mol. The molecule has 2 aromatic rings. The van der Waals surface area contributed by atoms with Gasteiger partial charge in [-0.25, -0.2) is 4.79 Å². The first-order valence-electron chi connectivity index (χ1n) is 4.44. The molecule has 0 bridgehead atoms. The van der Waals surface area contributed by atoms with Crippen LogP contribution in [0.2, 0.25) is 0 Å². The average molecular weight is 241 g/mol. The Labute approximate surface area is 96.1 Å². The van der Waals surface area contributed by atoms with Gasteiger partial charge in [0.2, 0.25) is 0 Å². The van der Waals surface area contributed by atoms with Crippen LogP contribution in [0, 0.1) is 6.92 Å². The van der Waals surface area contributed by atoms with E-state index < -0.39 is 5.97 Å². The SMILES string of the molecule is Cc1c(CCl)sc2ccc(C(=O)O)cc12. The molecule has 0 saturated heterocycles. The first-order chi connectivity index (χ1) is 7.13. The predicted molar refractivity (Wildman–Crippen MR) is 63.1 cm³/mol. The second-order valence-electron chi connectivity index (χ2n) is 3.30. The van der Waals surface area contributed by atoms with Crippen molar-refractivity contribution in [2.24, 2.45) is 0 Å². The standard InChI is InChI=1S/C11H9ClO2S/c1-6-8-4-7(11(13)14)2-3-9(8)15-10(6)5-12/h2-4H,5H2,1H3,(H,13,14). The minimum absolute atomic E-state index is 0.324. The molecular weight excluding hydrogens is 232 g/mol. The maximum Gasteiger partial charge on any atom is 0.335 e. The molecule has 0 radical (unpaired) electrons. The summed E-state index contributed by atoms with van der Waals surface area (Å²) in [7, 11) is 0. The van der Waals surface area contributed by atoms with Crippen LogP contribution in [-0.4, -0.2) is 11.1 Å². The number of rotatable bonds is 2. The van der Waals surface area contributed by atoms with E-state index in [2.05, 4.69) is 0 Å². The number of benzene rings is 1. The molecule has 0 aliphatic carbocycles. The quantitative estimate of drug-likeness (QED) is 0.814. The number of carboxylic acid groups (broad SMARTS) is 1. The smallest absolute Gasteiger partial charge is 0.335 e. The van der Waals surface area contributed by atoms with E-state index in [4.69, 9.17) is 16.7 Å². The highest BCUT2D eigenvalue weighted by atomic mass is 35.5. The van der Waals surface area contributed by atoms with Gasteiger partial charge in [0.05, 0.1) is 11.4 Å². The van der Waals surface area contributed by atoms with E-state index in [-0.39, 0.29) is 0 Å². The summed E-state index contributed by atoms with van der Waals surface area (Å²) in [6.45, 7) is 1.97. The van der Waals surface area contributed by atoms with Crippen molar-refractivity contribution in [3.05, 3.63) is 34.2 Å². The summed E-state index contributed by atoms with van der Waals surface area (Å²) in [5.41, 5.74) is 1.41. The van der Waals surface area contributed by atoms with Gasteiger partial charge < -0.3 is 5.11 Å². The van der Waals surface area contributed by atoms with Gasteiger partial charge in [-0.1, -0.05) is 0 Å². The van der Waals surface area contributed by atoms with E-state index in [1.54, 1.807) is 23.5 Å². The van der Waals surface area contributed by atoms with Gasteiger partial charge in [-0.05, 0) is 36.1 Å². The fourth-order valence-electron chi connectivity index (χ4n) is 1.53. The number of thiophene rings is 1. The van der Waals surface area contributed by atoms with E-state index in [0.29, 0.717) is 11.4 Å². The topological polar surface area (TPSA) is 37.3 Å². The molecule has 1 aromatic carbocycles. The van der Waals surface area contributed by atoms with Crippen LogP contribution >= 0.6 is 22.9 Å². The number of halogens is 1. The van der Waals surface area contributed by atoms with Crippen LogP contribution in [-0.2, 0) is 5.88 Å². The Kier molecular flexibility index (Phi) is 2.67. The molecule has 4 heteroatoms. The van der Waals surface area contributed by atoms with Crippen LogP contribution in [0.5, 0.6) is 0 Å². The number of hydrogen-bond donors (Lipinski definition) is 1. The third kappa shape index (κ3) is 1.73. The molecule has 78 valence electrons. The number of hydrogen-bond acceptors (Lipinski definition) is 2. The molecule has 0 atom stereocenters. The highest BCUT2D eigenvalue weighted by Gasteiger charge is 2.10. The lowest BCUT2D eigenvalue weighted by molar-refractivity contribution is 0.0697. The summed E-state index contributed by atoms with van der Waals surface area (Å²) >= 11 is 7.42. The van der Waals surface area contributed by atoms with Gasteiger partial charge in [-0.2, -0.15) is 0 Å². The number of carbonyl (C=O) groups is 1. The number of carboxylic acids is 1.